The highest BCUT2D eigenvalue weighted by Crippen LogP contribution is 2.31. The number of carboxylic acid groups (broad SMARTS) is 1. The first kappa shape index (κ1) is 14.6. The Bertz CT molecular complexity index is 718. The molecule has 114 valence electrons. The third-order valence-corrected chi connectivity index (χ3v) is 4.60. The van der Waals surface area contributed by atoms with Crippen LogP contribution >= 0.6 is 11.3 Å². The Morgan fingerprint density at radius 1 is 1.36 bits per heavy atom. The Labute approximate surface area is 130 Å². The van der Waals surface area contributed by atoms with E-state index in [1.807, 2.05) is 0 Å². The molecule has 2 aromatic heterocycles. The molecule has 22 heavy (non-hydrogen) atoms. The zero-order valence-electron chi connectivity index (χ0n) is 11.9. The maximum atomic E-state index is 12.4. The van der Waals surface area contributed by atoms with Crippen molar-refractivity contribution in [2.45, 2.75) is 13.3 Å². The smallest absolute Gasteiger partial charge is 0.311 e. The molecule has 1 saturated heterocycles. The summed E-state index contributed by atoms with van der Waals surface area (Å²) in [7, 11) is 0. The summed E-state index contributed by atoms with van der Waals surface area (Å²) < 4.78 is 0. The number of thiazole rings is 1. The maximum absolute atomic E-state index is 12.4. The van der Waals surface area contributed by atoms with Gasteiger partial charge in [-0.1, -0.05) is 0 Å². The van der Waals surface area contributed by atoms with Crippen LogP contribution < -0.4 is 0 Å². The number of likely N-dealkylation sites (tertiary alicyclic amines) is 1. The van der Waals surface area contributed by atoms with Gasteiger partial charge in [-0.3, -0.25) is 9.59 Å². The molecule has 0 radical (unpaired) electrons. The van der Waals surface area contributed by atoms with Crippen molar-refractivity contribution in [2.24, 2.45) is 5.41 Å². The number of hydrogen-bond acceptors (Lipinski definition) is 6. The molecule has 0 spiro atoms. The molecular weight excluding hydrogens is 304 g/mol. The maximum Gasteiger partial charge on any atom is 0.311 e. The number of carbonyl (C=O) groups is 2. The van der Waals surface area contributed by atoms with Crippen molar-refractivity contribution in [3.05, 3.63) is 29.5 Å². The average molecular weight is 318 g/mol. The SMILES string of the molecule is CC1(C(=O)O)CCN(C(=O)c2csc(-c3ncccn3)n2)C1. The molecule has 0 aliphatic carbocycles. The van der Waals surface area contributed by atoms with Gasteiger partial charge >= 0.3 is 5.97 Å². The molecule has 1 aliphatic rings. The highest BCUT2D eigenvalue weighted by Gasteiger charge is 2.42. The zero-order chi connectivity index (χ0) is 15.7. The van der Waals surface area contributed by atoms with Crippen molar-refractivity contribution in [3.63, 3.8) is 0 Å². The summed E-state index contributed by atoms with van der Waals surface area (Å²) in [5.74, 6) is -0.647. The molecule has 1 N–H and O–H groups in total. The van der Waals surface area contributed by atoms with Crippen LogP contribution in [0.5, 0.6) is 0 Å². The Morgan fingerprint density at radius 3 is 2.73 bits per heavy atom. The molecule has 0 bridgehead atoms. The molecule has 1 unspecified atom stereocenters. The number of rotatable bonds is 3. The number of aromatic nitrogens is 3. The van der Waals surface area contributed by atoms with Crippen molar-refractivity contribution in [2.75, 3.05) is 13.1 Å². The van der Waals surface area contributed by atoms with Crippen LogP contribution in [0.15, 0.2) is 23.8 Å². The van der Waals surface area contributed by atoms with Crippen molar-refractivity contribution in [1.82, 2.24) is 19.9 Å². The Balaban J connectivity index is 1.77. The van der Waals surface area contributed by atoms with Crippen LogP contribution in [0, 0.1) is 5.41 Å². The van der Waals surface area contributed by atoms with E-state index in [1.165, 1.54) is 11.3 Å². The van der Waals surface area contributed by atoms with Crippen LogP contribution in [0.3, 0.4) is 0 Å². The lowest BCUT2D eigenvalue weighted by Crippen LogP contribution is -2.35. The lowest BCUT2D eigenvalue weighted by Gasteiger charge is -2.19. The summed E-state index contributed by atoms with van der Waals surface area (Å²) in [6, 6.07) is 1.71. The minimum Gasteiger partial charge on any atom is -0.481 e. The van der Waals surface area contributed by atoms with Gasteiger partial charge < -0.3 is 10.0 Å². The van der Waals surface area contributed by atoms with Crippen molar-refractivity contribution in [1.29, 1.82) is 0 Å². The first-order valence-electron chi connectivity index (χ1n) is 6.75. The van der Waals surface area contributed by atoms with Crippen molar-refractivity contribution >= 4 is 23.2 Å². The first-order valence-corrected chi connectivity index (χ1v) is 7.63. The van der Waals surface area contributed by atoms with Gasteiger partial charge in [-0.2, -0.15) is 0 Å². The fraction of sp³-hybridized carbons (Fsp3) is 0.357. The van der Waals surface area contributed by atoms with Crippen LogP contribution in [0.4, 0.5) is 0 Å². The second-order valence-corrected chi connectivity index (χ2v) is 6.31. The van der Waals surface area contributed by atoms with Crippen LogP contribution in [-0.2, 0) is 4.79 Å². The summed E-state index contributed by atoms with van der Waals surface area (Å²) in [6.45, 7) is 2.29. The number of aliphatic carboxylic acids is 1. The number of amides is 1. The van der Waals surface area contributed by atoms with Gasteiger partial charge in [0.25, 0.3) is 5.91 Å². The highest BCUT2D eigenvalue weighted by molar-refractivity contribution is 7.13. The number of nitrogens with zero attached hydrogens (tertiary/aromatic N) is 4. The second-order valence-electron chi connectivity index (χ2n) is 5.45. The topological polar surface area (TPSA) is 96.3 Å². The van der Waals surface area contributed by atoms with Crippen LogP contribution in [0.25, 0.3) is 10.8 Å². The molecule has 1 fully saturated rings. The monoisotopic (exact) mass is 318 g/mol. The van der Waals surface area contributed by atoms with Gasteiger partial charge in [0, 0.05) is 30.9 Å². The van der Waals surface area contributed by atoms with Gasteiger partial charge in [-0.05, 0) is 19.4 Å². The molecule has 3 heterocycles. The van der Waals surface area contributed by atoms with E-state index in [0.717, 1.165) is 0 Å². The third-order valence-electron chi connectivity index (χ3n) is 3.76. The van der Waals surface area contributed by atoms with Crippen LogP contribution in [-0.4, -0.2) is 49.9 Å². The lowest BCUT2D eigenvalue weighted by molar-refractivity contribution is -0.147. The predicted octanol–water partition coefficient (Wildman–Crippen LogP) is 1.54. The highest BCUT2D eigenvalue weighted by atomic mass is 32.1. The summed E-state index contributed by atoms with van der Waals surface area (Å²) >= 11 is 1.30. The van der Waals surface area contributed by atoms with Crippen molar-refractivity contribution in [3.8, 4) is 10.8 Å². The van der Waals surface area contributed by atoms with Gasteiger partial charge in [-0.25, -0.2) is 15.0 Å². The fourth-order valence-electron chi connectivity index (χ4n) is 2.36. The summed E-state index contributed by atoms with van der Waals surface area (Å²) in [5, 5.41) is 11.5. The second kappa shape index (κ2) is 5.45. The van der Waals surface area contributed by atoms with Crippen LogP contribution in [0.2, 0.25) is 0 Å². The van der Waals surface area contributed by atoms with Gasteiger partial charge in [-0.15, -0.1) is 11.3 Å². The quantitative estimate of drug-likeness (QED) is 0.922. The molecular formula is C14H14N4O3S. The van der Waals surface area contributed by atoms with Crippen LogP contribution in [0.1, 0.15) is 23.8 Å². The zero-order valence-corrected chi connectivity index (χ0v) is 12.7. The van der Waals surface area contributed by atoms with Crippen molar-refractivity contribution < 1.29 is 14.7 Å². The summed E-state index contributed by atoms with van der Waals surface area (Å²) in [5.41, 5.74) is -0.570. The number of hydrogen-bond donors (Lipinski definition) is 1. The molecule has 1 amide bonds. The van der Waals surface area contributed by atoms with E-state index in [0.29, 0.717) is 29.5 Å². The molecule has 8 heteroatoms. The number of carbonyl (C=O) groups excluding carboxylic acids is 1. The van der Waals surface area contributed by atoms with E-state index in [9.17, 15) is 14.7 Å². The lowest BCUT2D eigenvalue weighted by atomic mass is 9.90. The Hall–Kier alpha value is -2.35. The van der Waals surface area contributed by atoms with Gasteiger partial charge in [0.1, 0.15) is 5.69 Å². The Morgan fingerprint density at radius 2 is 2.09 bits per heavy atom. The molecule has 1 aliphatic heterocycles. The normalized spacial score (nSPS) is 21.0. The fourth-order valence-corrected chi connectivity index (χ4v) is 3.09. The molecule has 2 aromatic rings. The molecule has 7 nitrogen and oxygen atoms in total. The van der Waals surface area contributed by atoms with E-state index >= 15 is 0 Å². The molecule has 3 rings (SSSR count). The van der Waals surface area contributed by atoms with Gasteiger partial charge in [0.2, 0.25) is 0 Å². The van der Waals surface area contributed by atoms with Gasteiger partial charge in [0.05, 0.1) is 5.41 Å². The molecule has 0 aromatic carbocycles. The first-order chi connectivity index (χ1) is 10.5. The van der Waals surface area contributed by atoms with Gasteiger partial charge in [0.15, 0.2) is 10.8 Å². The van der Waals surface area contributed by atoms with E-state index in [-0.39, 0.29) is 12.5 Å². The average Bonchev–Trinajstić information content (AvgIpc) is 3.15. The molecule has 0 saturated carbocycles. The molecule has 1 atom stereocenters. The predicted molar refractivity (Wildman–Crippen MR) is 79.4 cm³/mol. The largest absolute Gasteiger partial charge is 0.481 e. The Kier molecular flexibility index (Phi) is 3.61. The minimum atomic E-state index is -0.878. The van der Waals surface area contributed by atoms with E-state index in [2.05, 4.69) is 15.0 Å². The number of carboxylic acids is 1. The third kappa shape index (κ3) is 2.57. The summed E-state index contributed by atoms with van der Waals surface area (Å²) in [4.78, 5) is 37.7. The van der Waals surface area contributed by atoms with E-state index in [1.54, 1.807) is 35.7 Å². The standard InChI is InChI=1S/C14H14N4O3S/c1-14(13(20)21)3-6-18(8-14)12(19)9-7-22-11(17-9)10-15-4-2-5-16-10/h2,4-5,7H,3,6,8H2,1H3,(H,20,21). The minimum absolute atomic E-state index is 0.204. The summed E-state index contributed by atoms with van der Waals surface area (Å²) in [6.07, 6.45) is 3.68. The van der Waals surface area contributed by atoms with E-state index < -0.39 is 11.4 Å². The van der Waals surface area contributed by atoms with E-state index in [4.69, 9.17) is 0 Å².